The van der Waals surface area contributed by atoms with Gasteiger partial charge in [0.05, 0.1) is 12.2 Å². The van der Waals surface area contributed by atoms with Crippen LogP contribution in [0.1, 0.15) is 60.4 Å². The lowest BCUT2D eigenvalue weighted by molar-refractivity contribution is -0.139. The number of carbonyl (C=O) groups excluding carboxylic acids is 1. The maximum absolute atomic E-state index is 13.2. The van der Waals surface area contributed by atoms with Crippen molar-refractivity contribution in [3.05, 3.63) is 60.7 Å². The summed E-state index contributed by atoms with van der Waals surface area (Å²) < 4.78 is 2.05. The molecular weight excluding hydrogens is 622 g/mol. The van der Waals surface area contributed by atoms with Gasteiger partial charge in [0.2, 0.25) is 5.91 Å². The van der Waals surface area contributed by atoms with Crippen molar-refractivity contribution in [3.63, 3.8) is 0 Å². The van der Waals surface area contributed by atoms with Crippen molar-refractivity contribution >= 4 is 55.3 Å². The average molecular weight is 654 g/mol. The first-order chi connectivity index (χ1) is 17.8. The molecule has 1 aromatic heterocycles. The number of pyridine rings is 1. The van der Waals surface area contributed by atoms with Gasteiger partial charge >= 0.3 is 5.97 Å². The Morgan fingerprint density at radius 2 is 1.70 bits per heavy atom. The third-order valence-corrected chi connectivity index (χ3v) is 9.62. The summed E-state index contributed by atoms with van der Waals surface area (Å²) in [6.45, 7) is 3.15. The number of amides is 1. The Morgan fingerprint density at radius 1 is 1.00 bits per heavy atom. The molecule has 1 atom stereocenters. The summed E-state index contributed by atoms with van der Waals surface area (Å²) in [4.78, 5) is 33.1. The second-order valence-corrected chi connectivity index (χ2v) is 12.9. The van der Waals surface area contributed by atoms with Gasteiger partial charge in [-0.3, -0.25) is 19.5 Å². The van der Waals surface area contributed by atoms with Crippen molar-refractivity contribution in [2.75, 3.05) is 32.7 Å². The van der Waals surface area contributed by atoms with Crippen LogP contribution in [-0.4, -0.2) is 64.5 Å². The predicted molar refractivity (Wildman–Crippen MR) is 151 cm³/mol. The van der Waals surface area contributed by atoms with Crippen molar-refractivity contribution in [2.45, 2.75) is 50.9 Å². The van der Waals surface area contributed by atoms with Gasteiger partial charge in [-0.25, -0.2) is 0 Å². The number of piperidine rings is 2. The normalized spacial score (nSPS) is 21.3. The van der Waals surface area contributed by atoms with Crippen LogP contribution in [0.5, 0.6) is 0 Å². The molecule has 37 heavy (non-hydrogen) atoms. The Hall–Kier alpha value is -1.48. The van der Waals surface area contributed by atoms with Crippen LogP contribution in [0.25, 0.3) is 0 Å². The average Bonchev–Trinajstić information content (AvgIpc) is 3.02. The number of aromatic nitrogens is 1. The number of aliphatic carboxylic acids is 1. The lowest BCUT2D eigenvalue weighted by atomic mass is 9.76. The van der Waals surface area contributed by atoms with E-state index in [-0.39, 0.29) is 18.4 Å². The van der Waals surface area contributed by atoms with E-state index < -0.39 is 5.97 Å². The number of hydrogen-bond donors (Lipinski definition) is 1. The third kappa shape index (κ3) is 6.23. The predicted octanol–water partition coefficient (Wildman–Crippen LogP) is 5.92. The van der Waals surface area contributed by atoms with Crippen LogP contribution in [0.4, 0.5) is 0 Å². The Balaban J connectivity index is 1.27. The van der Waals surface area contributed by atoms with Gasteiger partial charge in [-0.05, 0) is 114 Å². The van der Waals surface area contributed by atoms with Crippen LogP contribution in [-0.2, 0) is 22.4 Å². The molecule has 5 rings (SSSR count). The van der Waals surface area contributed by atoms with Crippen LogP contribution in [0.15, 0.2) is 33.3 Å². The first kappa shape index (κ1) is 27.1. The van der Waals surface area contributed by atoms with E-state index in [1.54, 1.807) is 0 Å². The van der Waals surface area contributed by atoms with Crippen LogP contribution < -0.4 is 0 Å². The van der Waals surface area contributed by atoms with Gasteiger partial charge in [0.15, 0.2) is 0 Å². The van der Waals surface area contributed by atoms with Crippen LogP contribution in [0, 0.1) is 11.8 Å². The molecule has 2 fully saturated rings. The van der Waals surface area contributed by atoms with Crippen molar-refractivity contribution < 1.29 is 14.7 Å². The molecular formula is C28H32Br2ClN3O3. The molecule has 6 nitrogen and oxygen atoms in total. The fourth-order valence-corrected chi connectivity index (χ4v) is 7.93. The van der Waals surface area contributed by atoms with E-state index in [0.29, 0.717) is 18.3 Å². The van der Waals surface area contributed by atoms with Crippen molar-refractivity contribution in [1.82, 2.24) is 14.8 Å². The minimum Gasteiger partial charge on any atom is -0.480 e. The molecule has 198 valence electrons. The summed E-state index contributed by atoms with van der Waals surface area (Å²) in [5, 5.41) is 9.76. The summed E-state index contributed by atoms with van der Waals surface area (Å²) >= 11 is 13.9. The fourth-order valence-electron chi connectivity index (χ4n) is 6.43. The molecule has 0 unspecified atom stereocenters. The Labute approximate surface area is 240 Å². The molecule has 0 radical (unpaired) electrons. The number of hydrogen-bond acceptors (Lipinski definition) is 4. The van der Waals surface area contributed by atoms with Gasteiger partial charge in [-0.1, -0.05) is 27.5 Å². The molecule has 3 heterocycles. The number of halogens is 3. The van der Waals surface area contributed by atoms with Crippen molar-refractivity contribution in [1.29, 1.82) is 0 Å². The van der Waals surface area contributed by atoms with Gasteiger partial charge in [0.25, 0.3) is 0 Å². The van der Waals surface area contributed by atoms with Crippen molar-refractivity contribution in [3.8, 4) is 0 Å². The number of benzene rings is 1. The number of nitrogens with zero attached hydrogens (tertiary/aromatic N) is 3. The maximum Gasteiger partial charge on any atom is 0.317 e. The van der Waals surface area contributed by atoms with E-state index in [1.807, 2.05) is 22.1 Å². The molecule has 0 saturated carbocycles. The Bertz CT molecular complexity index is 1180. The number of carbonyl (C=O) groups is 2. The maximum atomic E-state index is 13.2. The number of aryl methyl sites for hydroxylation is 2. The number of likely N-dealkylation sites (tertiary alicyclic amines) is 2. The highest BCUT2D eigenvalue weighted by Crippen LogP contribution is 2.46. The van der Waals surface area contributed by atoms with E-state index in [9.17, 15) is 9.59 Å². The highest BCUT2D eigenvalue weighted by atomic mass is 79.9. The highest BCUT2D eigenvalue weighted by molar-refractivity contribution is 9.10. The monoisotopic (exact) mass is 651 g/mol. The van der Waals surface area contributed by atoms with Crippen LogP contribution in [0.3, 0.4) is 0 Å². The molecule has 0 spiro atoms. The van der Waals surface area contributed by atoms with Gasteiger partial charge < -0.3 is 10.0 Å². The van der Waals surface area contributed by atoms with E-state index in [0.717, 1.165) is 84.4 Å². The zero-order chi connectivity index (χ0) is 26.1. The number of carboxylic acids is 1. The smallest absolute Gasteiger partial charge is 0.317 e. The molecule has 2 aliphatic heterocycles. The minimum absolute atomic E-state index is 0.0930. The zero-order valence-electron chi connectivity index (χ0n) is 20.8. The zero-order valence-corrected chi connectivity index (χ0v) is 24.7. The second kappa shape index (κ2) is 11.7. The van der Waals surface area contributed by atoms with E-state index >= 15 is 0 Å². The summed E-state index contributed by atoms with van der Waals surface area (Å²) in [5.74, 6) is 0.369. The summed E-state index contributed by atoms with van der Waals surface area (Å²) in [7, 11) is 0. The van der Waals surface area contributed by atoms with Gasteiger partial charge in [0.1, 0.15) is 0 Å². The fraction of sp³-hybridized carbons (Fsp3) is 0.536. The first-order valence-corrected chi connectivity index (χ1v) is 15.1. The molecule has 1 N–H and O–H groups in total. The van der Waals surface area contributed by atoms with Gasteiger partial charge in [0, 0.05) is 45.6 Å². The van der Waals surface area contributed by atoms with Crippen LogP contribution in [0.2, 0.25) is 5.02 Å². The van der Waals surface area contributed by atoms with E-state index in [4.69, 9.17) is 21.7 Å². The third-order valence-electron chi connectivity index (χ3n) is 8.31. The summed E-state index contributed by atoms with van der Waals surface area (Å²) in [6, 6.07) is 6.31. The SMILES string of the molecule is O=C(O)CN1CCC(CC(=O)N2CCC([C@H]3c4ncc(Br)cc4CCc4cc(Cl)cc(Br)c43)CC2)CC1. The molecule has 0 bridgehead atoms. The lowest BCUT2D eigenvalue weighted by Crippen LogP contribution is -2.42. The van der Waals surface area contributed by atoms with Crippen molar-refractivity contribution in [2.24, 2.45) is 11.8 Å². The number of carboxylic acid groups (broad SMARTS) is 1. The number of rotatable bonds is 5. The quantitative estimate of drug-likeness (QED) is 0.434. The van der Waals surface area contributed by atoms with Gasteiger partial charge in [-0.15, -0.1) is 0 Å². The van der Waals surface area contributed by atoms with E-state index in [2.05, 4.69) is 44.0 Å². The molecule has 1 amide bonds. The molecule has 3 aliphatic rings. The molecule has 1 aromatic carbocycles. The second-order valence-electron chi connectivity index (χ2n) is 10.7. The topological polar surface area (TPSA) is 73.7 Å². The minimum atomic E-state index is -0.783. The lowest BCUT2D eigenvalue weighted by Gasteiger charge is -2.38. The Morgan fingerprint density at radius 3 is 2.41 bits per heavy atom. The summed E-state index contributed by atoms with van der Waals surface area (Å²) in [5.41, 5.74) is 5.02. The summed E-state index contributed by atoms with van der Waals surface area (Å²) in [6.07, 6.45) is 8.00. The standard InChI is InChI=1S/C28H32Br2ClN3O3/c29-21-12-20-2-1-19-13-22(31)14-23(30)26(19)27(28(20)32-15-21)18-5-9-34(10-6-18)24(35)11-17-3-7-33(8-4-17)16-25(36)37/h12-15,17-18,27H,1-11,16H2,(H,36,37)/t27-/m1/s1. The molecule has 2 saturated heterocycles. The first-order valence-electron chi connectivity index (χ1n) is 13.1. The highest BCUT2D eigenvalue weighted by Gasteiger charge is 2.36. The number of fused-ring (bicyclic) bond motifs is 2. The van der Waals surface area contributed by atoms with Gasteiger partial charge in [-0.2, -0.15) is 0 Å². The van der Waals surface area contributed by atoms with E-state index in [1.165, 1.54) is 16.7 Å². The molecule has 1 aliphatic carbocycles. The molecule has 9 heteroatoms. The molecule has 2 aromatic rings. The van der Waals surface area contributed by atoms with Crippen LogP contribution >= 0.6 is 43.5 Å². The Kier molecular flexibility index (Phi) is 8.59. The largest absolute Gasteiger partial charge is 0.480 e.